The van der Waals surface area contributed by atoms with E-state index in [4.69, 9.17) is 4.74 Å². The van der Waals surface area contributed by atoms with Crippen molar-refractivity contribution >= 4 is 0 Å². The fourth-order valence-corrected chi connectivity index (χ4v) is 3.54. The molecule has 4 nitrogen and oxygen atoms in total. The van der Waals surface area contributed by atoms with Crippen molar-refractivity contribution in [2.75, 3.05) is 19.8 Å². The molecule has 0 amide bonds. The van der Waals surface area contributed by atoms with Crippen LogP contribution in [0.4, 0.5) is 0 Å². The summed E-state index contributed by atoms with van der Waals surface area (Å²) in [5.41, 5.74) is 0. The highest BCUT2D eigenvalue weighted by Gasteiger charge is 2.20. The molecule has 1 fully saturated rings. The van der Waals surface area contributed by atoms with Crippen LogP contribution in [0.1, 0.15) is 38.4 Å². The van der Waals surface area contributed by atoms with Crippen LogP contribution in [0.2, 0.25) is 0 Å². The molecule has 0 bridgehead atoms. The summed E-state index contributed by atoms with van der Waals surface area (Å²) in [5, 5.41) is 3.75. The highest BCUT2D eigenvalue weighted by Crippen LogP contribution is 2.21. The lowest BCUT2D eigenvalue weighted by Gasteiger charge is -2.28. The number of nitrogens with one attached hydrogen (secondary N) is 1. The minimum atomic E-state index is 0.627. The van der Waals surface area contributed by atoms with Crippen molar-refractivity contribution in [1.82, 2.24) is 14.9 Å². The Morgan fingerprint density at radius 2 is 2.20 bits per heavy atom. The van der Waals surface area contributed by atoms with E-state index in [2.05, 4.69) is 28.0 Å². The van der Waals surface area contributed by atoms with Gasteiger partial charge in [0.1, 0.15) is 5.82 Å². The molecule has 0 saturated carbocycles. The Morgan fingerprint density at radius 3 is 3.05 bits per heavy atom. The van der Waals surface area contributed by atoms with Crippen molar-refractivity contribution in [3.8, 4) is 0 Å². The smallest absolute Gasteiger partial charge is 0.108 e. The van der Waals surface area contributed by atoms with Gasteiger partial charge in [-0.2, -0.15) is 0 Å². The molecule has 2 aliphatic heterocycles. The number of hydrogen-bond acceptors (Lipinski definition) is 3. The van der Waals surface area contributed by atoms with Gasteiger partial charge < -0.3 is 14.6 Å². The van der Waals surface area contributed by atoms with Gasteiger partial charge in [-0.3, -0.25) is 0 Å². The van der Waals surface area contributed by atoms with Gasteiger partial charge in [0, 0.05) is 44.6 Å². The van der Waals surface area contributed by atoms with Crippen LogP contribution in [-0.4, -0.2) is 35.4 Å². The first-order valence-corrected chi connectivity index (χ1v) is 8.12. The van der Waals surface area contributed by atoms with Crippen molar-refractivity contribution in [3.63, 3.8) is 0 Å². The predicted octanol–water partition coefficient (Wildman–Crippen LogP) is 2.24. The Morgan fingerprint density at radius 1 is 1.35 bits per heavy atom. The zero-order valence-corrected chi connectivity index (χ0v) is 12.6. The van der Waals surface area contributed by atoms with Crippen molar-refractivity contribution in [2.24, 2.45) is 11.8 Å². The molecule has 112 valence electrons. The lowest BCUT2D eigenvalue weighted by Crippen LogP contribution is -2.36. The van der Waals surface area contributed by atoms with E-state index >= 15 is 0 Å². The van der Waals surface area contributed by atoms with E-state index in [1.54, 1.807) is 0 Å². The van der Waals surface area contributed by atoms with Gasteiger partial charge in [-0.25, -0.2) is 4.98 Å². The zero-order chi connectivity index (χ0) is 13.8. The molecule has 2 aliphatic rings. The second-order valence-electron chi connectivity index (χ2n) is 6.50. The van der Waals surface area contributed by atoms with Gasteiger partial charge >= 0.3 is 0 Å². The Bertz CT molecular complexity index is 412. The van der Waals surface area contributed by atoms with Crippen molar-refractivity contribution in [3.05, 3.63) is 18.2 Å². The van der Waals surface area contributed by atoms with Crippen LogP contribution in [0.3, 0.4) is 0 Å². The van der Waals surface area contributed by atoms with Crippen molar-refractivity contribution in [2.45, 2.75) is 51.6 Å². The van der Waals surface area contributed by atoms with Crippen molar-refractivity contribution in [1.29, 1.82) is 0 Å². The summed E-state index contributed by atoms with van der Waals surface area (Å²) in [6, 6.07) is 0.627. The molecule has 0 aromatic carbocycles. The second kappa shape index (κ2) is 6.72. The van der Waals surface area contributed by atoms with Crippen LogP contribution in [0, 0.1) is 11.8 Å². The Labute approximate surface area is 121 Å². The Hall–Kier alpha value is -0.870. The van der Waals surface area contributed by atoms with E-state index in [-0.39, 0.29) is 0 Å². The lowest BCUT2D eigenvalue weighted by atomic mass is 9.92. The number of imidazole rings is 1. The maximum absolute atomic E-state index is 5.43. The molecular weight excluding hydrogens is 250 g/mol. The van der Waals surface area contributed by atoms with Crippen LogP contribution >= 0.6 is 0 Å². The predicted molar refractivity (Wildman–Crippen MR) is 79.7 cm³/mol. The first-order valence-electron chi connectivity index (χ1n) is 8.12. The van der Waals surface area contributed by atoms with Gasteiger partial charge in [0.05, 0.1) is 0 Å². The standard InChI is InChI=1S/C16H27N3O/c1-13(10-14-4-8-20-9-5-14)18-11-15-2-3-16-17-6-7-19(16)12-15/h6-7,13-15,18H,2-5,8-12H2,1H3/t13-,15+/m1/s1. The molecule has 1 N–H and O–H groups in total. The summed E-state index contributed by atoms with van der Waals surface area (Å²) in [6.07, 6.45) is 10.2. The van der Waals surface area contributed by atoms with E-state index in [9.17, 15) is 0 Å². The van der Waals surface area contributed by atoms with Crippen LogP contribution in [0.25, 0.3) is 0 Å². The number of ether oxygens (including phenoxy) is 1. The summed E-state index contributed by atoms with van der Waals surface area (Å²) in [5.74, 6) is 2.88. The molecule has 1 aromatic heterocycles. The van der Waals surface area contributed by atoms with E-state index in [1.165, 1.54) is 31.5 Å². The van der Waals surface area contributed by atoms with Gasteiger partial charge in [0.15, 0.2) is 0 Å². The molecule has 0 spiro atoms. The minimum absolute atomic E-state index is 0.627. The van der Waals surface area contributed by atoms with Crippen LogP contribution in [0.5, 0.6) is 0 Å². The third-order valence-corrected chi connectivity index (χ3v) is 4.82. The molecule has 3 rings (SSSR count). The molecule has 20 heavy (non-hydrogen) atoms. The minimum Gasteiger partial charge on any atom is -0.381 e. The van der Waals surface area contributed by atoms with E-state index in [0.29, 0.717) is 6.04 Å². The van der Waals surface area contributed by atoms with Gasteiger partial charge in [0.25, 0.3) is 0 Å². The quantitative estimate of drug-likeness (QED) is 0.897. The fourth-order valence-electron chi connectivity index (χ4n) is 3.54. The average Bonchev–Trinajstić information content (AvgIpc) is 2.93. The SMILES string of the molecule is C[C@H](CC1CCOCC1)NC[C@@H]1CCc2nccn2C1. The number of aryl methyl sites for hydroxylation is 1. The molecule has 1 aromatic rings. The molecule has 4 heteroatoms. The van der Waals surface area contributed by atoms with Crippen LogP contribution < -0.4 is 5.32 Å². The van der Waals surface area contributed by atoms with Gasteiger partial charge in [0.2, 0.25) is 0 Å². The van der Waals surface area contributed by atoms with Gasteiger partial charge in [-0.05, 0) is 51.0 Å². The number of hydrogen-bond donors (Lipinski definition) is 1. The first kappa shape index (κ1) is 14.1. The van der Waals surface area contributed by atoms with Crippen LogP contribution in [-0.2, 0) is 17.7 Å². The maximum Gasteiger partial charge on any atom is 0.108 e. The van der Waals surface area contributed by atoms with E-state index < -0.39 is 0 Å². The molecule has 0 radical (unpaired) electrons. The first-order chi connectivity index (χ1) is 9.81. The molecule has 0 aliphatic carbocycles. The largest absolute Gasteiger partial charge is 0.381 e. The van der Waals surface area contributed by atoms with E-state index in [0.717, 1.165) is 44.6 Å². The molecular formula is C16H27N3O. The topological polar surface area (TPSA) is 39.1 Å². The second-order valence-corrected chi connectivity index (χ2v) is 6.50. The molecule has 3 heterocycles. The Kier molecular flexibility index (Phi) is 4.73. The summed E-state index contributed by atoms with van der Waals surface area (Å²) < 4.78 is 7.75. The fraction of sp³-hybridized carbons (Fsp3) is 0.812. The highest BCUT2D eigenvalue weighted by atomic mass is 16.5. The highest BCUT2D eigenvalue weighted by molar-refractivity contribution is 4.97. The van der Waals surface area contributed by atoms with Gasteiger partial charge in [-0.15, -0.1) is 0 Å². The number of nitrogens with zero attached hydrogens (tertiary/aromatic N) is 2. The summed E-state index contributed by atoms with van der Waals surface area (Å²) in [4.78, 5) is 4.39. The lowest BCUT2D eigenvalue weighted by molar-refractivity contribution is 0.0609. The normalized spacial score (nSPS) is 25.4. The van der Waals surface area contributed by atoms with Crippen LogP contribution in [0.15, 0.2) is 12.4 Å². The third-order valence-electron chi connectivity index (χ3n) is 4.82. The molecule has 0 unspecified atom stereocenters. The molecule has 2 atom stereocenters. The van der Waals surface area contributed by atoms with Gasteiger partial charge in [-0.1, -0.05) is 0 Å². The Balaban J connectivity index is 1.39. The third kappa shape index (κ3) is 3.61. The molecule has 1 saturated heterocycles. The maximum atomic E-state index is 5.43. The number of aromatic nitrogens is 2. The van der Waals surface area contributed by atoms with E-state index in [1.807, 2.05) is 6.20 Å². The number of rotatable bonds is 5. The summed E-state index contributed by atoms with van der Waals surface area (Å²) in [6.45, 7) is 6.53. The monoisotopic (exact) mass is 277 g/mol. The summed E-state index contributed by atoms with van der Waals surface area (Å²) in [7, 11) is 0. The number of fused-ring (bicyclic) bond motifs is 1. The van der Waals surface area contributed by atoms with Crippen molar-refractivity contribution < 1.29 is 4.74 Å². The zero-order valence-electron chi connectivity index (χ0n) is 12.6. The summed E-state index contributed by atoms with van der Waals surface area (Å²) >= 11 is 0. The average molecular weight is 277 g/mol.